The molecule has 0 amide bonds. The van der Waals surface area contributed by atoms with Gasteiger partial charge in [-0.3, -0.25) is 0 Å². The number of oxazole rings is 3. The number of hydrogen-bond donors (Lipinski definition) is 0. The van der Waals surface area contributed by atoms with E-state index in [1.807, 2.05) is 121 Å². The monoisotopic (exact) mass is 1870 g/mol. The van der Waals surface area contributed by atoms with Gasteiger partial charge in [-0.25, -0.2) is 15.0 Å². The van der Waals surface area contributed by atoms with Crippen LogP contribution in [0.3, 0.4) is 0 Å². The second-order valence-electron chi connectivity index (χ2n) is 36.8. The minimum atomic E-state index is 0.618. The standard InChI is InChI=1S/2C45H28N2O2.C45H30N2O/c1-3-11-29(12-4-1)33-15-9-16-34(27-33)47(40-19-10-18-37-36-17-7-8-20-41(36)48-43(37)40)35-25-23-30-21-22-31-24-26-39-44(42(31)38(30)28-35)49-45(46-39)32-13-5-2-6-14-32;1-3-11-29(12-4-1)33-15-9-16-34(27-33)47(39-18-10-20-41-43(39)36-17-7-8-19-40(36)48-41)35-25-23-30-21-22-31-24-26-38-44(42(31)37(30)28-35)49-45(46-38)32-13-5-2-6-14-32;1-4-10-31(11-5-1)33-18-24-38(25-19-33)47(39-26-20-34(21-27-39)32-12-6-2-7-13-32)40-28-22-35-16-17-36-23-29-42-44(43(36)41(35)30-40)48-45(46-42)37-14-8-3-9-15-37/h2*1-28H;1-30H. The van der Waals surface area contributed by atoms with E-state index in [0.29, 0.717) is 17.7 Å². The van der Waals surface area contributed by atoms with Gasteiger partial charge in [-0.15, -0.1) is 0 Å². The quantitative estimate of drug-likeness (QED) is 0.0862. The van der Waals surface area contributed by atoms with Crippen LogP contribution in [-0.2, 0) is 0 Å². The summed E-state index contributed by atoms with van der Waals surface area (Å²) in [6, 6.07) is 182. The lowest BCUT2D eigenvalue weighted by Crippen LogP contribution is -2.10. The number of rotatable bonds is 16. The number of benzene rings is 24. The summed E-state index contributed by atoms with van der Waals surface area (Å²) in [5.74, 6) is 1.87. The number of nitrogens with zero attached hydrogens (tertiary/aromatic N) is 6. The molecule has 0 radical (unpaired) electrons. The zero-order valence-electron chi connectivity index (χ0n) is 78.9. The van der Waals surface area contributed by atoms with Crippen LogP contribution < -0.4 is 14.7 Å². The van der Waals surface area contributed by atoms with Crippen molar-refractivity contribution in [3.63, 3.8) is 0 Å². The predicted molar refractivity (Wildman–Crippen MR) is 604 cm³/mol. The fourth-order valence-corrected chi connectivity index (χ4v) is 21.0. The van der Waals surface area contributed by atoms with E-state index in [1.54, 1.807) is 0 Å². The number of fused-ring (bicyclic) bond motifs is 21. The molecule has 0 saturated carbocycles. The molecule has 5 heterocycles. The number of para-hydroxylation sites is 3. The molecule has 29 aromatic rings. The average molecular weight is 1870 g/mol. The van der Waals surface area contributed by atoms with Crippen LogP contribution in [0, 0.1) is 0 Å². The van der Waals surface area contributed by atoms with E-state index in [1.165, 1.54) is 27.8 Å². The van der Waals surface area contributed by atoms with E-state index < -0.39 is 0 Å². The molecule has 0 aliphatic rings. The summed E-state index contributed by atoms with van der Waals surface area (Å²) in [6.07, 6.45) is 0. The van der Waals surface area contributed by atoms with Gasteiger partial charge in [0.1, 0.15) is 33.3 Å². The summed E-state index contributed by atoms with van der Waals surface area (Å²) in [5, 5.41) is 17.6. The van der Waals surface area contributed by atoms with E-state index in [9.17, 15) is 0 Å². The van der Waals surface area contributed by atoms with Gasteiger partial charge in [0.25, 0.3) is 0 Å². The molecule has 11 heteroatoms. The first-order valence-electron chi connectivity index (χ1n) is 49.1. The molecule has 0 atom stereocenters. The first-order valence-corrected chi connectivity index (χ1v) is 49.1. The normalized spacial score (nSPS) is 11.6. The summed E-state index contributed by atoms with van der Waals surface area (Å²) >= 11 is 0. The maximum atomic E-state index is 6.62. The highest BCUT2D eigenvalue weighted by Gasteiger charge is 2.27. The smallest absolute Gasteiger partial charge is 0.227 e. The summed E-state index contributed by atoms with van der Waals surface area (Å²) < 4.78 is 32.7. The highest BCUT2D eigenvalue weighted by molar-refractivity contribution is 6.23. The van der Waals surface area contributed by atoms with Crippen LogP contribution in [-0.4, -0.2) is 15.0 Å². The molecule has 0 unspecified atom stereocenters. The zero-order valence-corrected chi connectivity index (χ0v) is 78.9. The van der Waals surface area contributed by atoms with Gasteiger partial charge in [-0.2, -0.15) is 0 Å². The Bertz CT molecular complexity index is 9920. The highest BCUT2D eigenvalue weighted by Crippen LogP contribution is 2.51. The molecule has 686 valence electrons. The molecule has 24 aromatic carbocycles. The van der Waals surface area contributed by atoms with Gasteiger partial charge >= 0.3 is 0 Å². The molecule has 146 heavy (non-hydrogen) atoms. The Kier molecular flexibility index (Phi) is 21.3. The van der Waals surface area contributed by atoms with Crippen molar-refractivity contribution in [2.75, 3.05) is 14.7 Å². The Morgan fingerprint density at radius 2 is 0.425 bits per heavy atom. The molecule has 5 aromatic heterocycles. The second kappa shape index (κ2) is 36.5. The van der Waals surface area contributed by atoms with Crippen LogP contribution in [0.4, 0.5) is 51.2 Å². The predicted octanol–water partition coefficient (Wildman–Crippen LogP) is 38.3. The fraction of sp³-hybridized carbons (Fsp3) is 0. The highest BCUT2D eigenvalue weighted by atomic mass is 16.4. The van der Waals surface area contributed by atoms with Gasteiger partial charge in [0, 0.05) is 88.8 Å². The van der Waals surface area contributed by atoms with Crippen molar-refractivity contribution in [1.82, 2.24) is 15.0 Å². The topological polar surface area (TPSA) is 114 Å². The van der Waals surface area contributed by atoms with Gasteiger partial charge in [0.05, 0.1) is 16.8 Å². The van der Waals surface area contributed by atoms with E-state index in [0.717, 1.165) is 226 Å². The van der Waals surface area contributed by atoms with E-state index in [2.05, 4.69) is 415 Å². The Hall–Kier alpha value is -19.8. The molecule has 29 rings (SSSR count). The van der Waals surface area contributed by atoms with Crippen LogP contribution in [0.2, 0.25) is 0 Å². The SMILES string of the molecule is c1ccc(-c2ccc(N(c3ccc(-c4ccccc4)cc3)c3ccc4ccc5ccc6nc(-c7ccccc7)oc6c5c4c3)cc2)cc1.c1ccc(-c2cccc(N(c3ccc4ccc5ccc6nc(-c7ccccc7)oc6c5c4c3)c3cccc4c3oc3ccccc34)c2)cc1.c1ccc(-c2cccc(N(c3ccc4ccc5ccc6nc(-c7ccccc7)oc6c5c4c3)c3cccc4oc5ccccc5c34)c2)cc1. The maximum Gasteiger partial charge on any atom is 0.227 e. The molecule has 0 aliphatic carbocycles. The molecule has 0 bridgehead atoms. The van der Waals surface area contributed by atoms with Crippen molar-refractivity contribution in [3.8, 4) is 78.9 Å². The summed E-state index contributed by atoms with van der Waals surface area (Å²) in [5.41, 5.74) is 30.0. The average Bonchev–Trinajstić information content (AvgIpc) is 1.52. The molecule has 0 N–H and O–H groups in total. The third kappa shape index (κ3) is 15.7. The van der Waals surface area contributed by atoms with Gasteiger partial charge < -0.3 is 36.8 Å². The summed E-state index contributed by atoms with van der Waals surface area (Å²) in [6.45, 7) is 0. The zero-order chi connectivity index (χ0) is 96.5. The lowest BCUT2D eigenvalue weighted by atomic mass is 9.99. The van der Waals surface area contributed by atoms with E-state index >= 15 is 0 Å². The third-order valence-electron chi connectivity index (χ3n) is 28.0. The van der Waals surface area contributed by atoms with Crippen LogP contribution in [0.5, 0.6) is 0 Å². The van der Waals surface area contributed by atoms with E-state index in [4.69, 9.17) is 37.0 Å². The third-order valence-corrected chi connectivity index (χ3v) is 28.0. The van der Waals surface area contributed by atoms with Gasteiger partial charge in [0.15, 0.2) is 22.3 Å². The van der Waals surface area contributed by atoms with E-state index in [-0.39, 0.29) is 0 Å². The molecular formula is C135H86N6O5. The number of anilines is 9. The minimum absolute atomic E-state index is 0.618. The van der Waals surface area contributed by atoms with Gasteiger partial charge in [-0.1, -0.05) is 352 Å². The largest absolute Gasteiger partial charge is 0.456 e. The lowest BCUT2D eigenvalue weighted by Gasteiger charge is -2.27. The first-order chi connectivity index (χ1) is 72.3. The van der Waals surface area contributed by atoms with Crippen molar-refractivity contribution < 1.29 is 22.1 Å². The maximum absolute atomic E-state index is 6.62. The van der Waals surface area contributed by atoms with Crippen molar-refractivity contribution in [2.45, 2.75) is 0 Å². The van der Waals surface area contributed by atoms with Gasteiger partial charge in [0.2, 0.25) is 17.7 Å². The molecule has 0 fully saturated rings. The second-order valence-corrected chi connectivity index (χ2v) is 36.8. The molecular weight excluding hydrogens is 1790 g/mol. The van der Waals surface area contributed by atoms with Crippen molar-refractivity contribution >= 4 is 193 Å². The lowest BCUT2D eigenvalue weighted by molar-refractivity contribution is 0.623. The van der Waals surface area contributed by atoms with Crippen LogP contribution in [0.1, 0.15) is 0 Å². The van der Waals surface area contributed by atoms with Crippen molar-refractivity contribution in [2.24, 2.45) is 0 Å². The molecule has 0 saturated heterocycles. The number of aromatic nitrogens is 3. The fourth-order valence-electron chi connectivity index (χ4n) is 21.0. The minimum Gasteiger partial charge on any atom is -0.456 e. The summed E-state index contributed by atoms with van der Waals surface area (Å²) in [4.78, 5) is 21.7. The van der Waals surface area contributed by atoms with Crippen molar-refractivity contribution in [1.29, 1.82) is 0 Å². The van der Waals surface area contributed by atoms with Gasteiger partial charge in [-0.05, 0) is 263 Å². The molecule has 0 spiro atoms. The molecule has 0 aliphatic heterocycles. The summed E-state index contributed by atoms with van der Waals surface area (Å²) in [7, 11) is 0. The number of furan rings is 2. The Morgan fingerprint density at radius 3 is 0.842 bits per heavy atom. The first kappa shape index (κ1) is 85.4. The Balaban J connectivity index is 0.000000109. The van der Waals surface area contributed by atoms with Crippen LogP contribution >= 0.6 is 0 Å². The van der Waals surface area contributed by atoms with Crippen LogP contribution in [0.25, 0.3) is 221 Å². The Labute approximate surface area is 839 Å². The van der Waals surface area contributed by atoms with Crippen LogP contribution in [0.15, 0.2) is 544 Å². The molecule has 11 nitrogen and oxygen atoms in total. The number of hydrogen-bond acceptors (Lipinski definition) is 11. The van der Waals surface area contributed by atoms with Crippen molar-refractivity contribution in [3.05, 3.63) is 522 Å². The Morgan fingerprint density at radius 1 is 0.144 bits per heavy atom.